The number of carbonyl (C=O) groups is 3. The normalized spacial score (nSPS) is 18.3. The standard InChI is InChI=1S/C26H39N3O3/c1-26(2,3)21-11-9-19(10-12-21)24(31)27-16-13-23(30)28-22-14-17-29(18-15-22)25(32)20-7-5-4-6-8-20/h9-12,20,22H,4-8,13-18H2,1-3H3,(H,27,31)(H,28,30). The van der Waals surface area contributed by atoms with Gasteiger partial charge in [-0.25, -0.2) is 0 Å². The Balaban J connectivity index is 1.34. The Bertz CT molecular complexity index is 784. The Morgan fingerprint density at radius 1 is 0.938 bits per heavy atom. The van der Waals surface area contributed by atoms with Crippen molar-refractivity contribution in [3.63, 3.8) is 0 Å². The Labute approximate surface area is 192 Å². The fourth-order valence-electron chi connectivity index (χ4n) is 4.67. The van der Waals surface area contributed by atoms with Crippen LogP contribution in [0.1, 0.15) is 88.1 Å². The molecule has 0 unspecified atom stereocenters. The van der Waals surface area contributed by atoms with E-state index in [9.17, 15) is 14.4 Å². The summed E-state index contributed by atoms with van der Waals surface area (Å²) in [5, 5.41) is 5.90. The molecule has 1 aliphatic heterocycles. The van der Waals surface area contributed by atoms with E-state index in [4.69, 9.17) is 0 Å². The number of nitrogens with zero attached hydrogens (tertiary/aromatic N) is 1. The zero-order valence-electron chi connectivity index (χ0n) is 19.9. The minimum Gasteiger partial charge on any atom is -0.353 e. The zero-order chi connectivity index (χ0) is 23.1. The van der Waals surface area contributed by atoms with Crippen molar-refractivity contribution in [3.05, 3.63) is 35.4 Å². The first kappa shape index (κ1) is 24.3. The first-order valence-electron chi connectivity index (χ1n) is 12.2. The predicted molar refractivity (Wildman–Crippen MR) is 126 cm³/mol. The molecule has 2 fully saturated rings. The molecule has 1 saturated carbocycles. The van der Waals surface area contributed by atoms with Crippen LogP contribution >= 0.6 is 0 Å². The summed E-state index contributed by atoms with van der Waals surface area (Å²) in [6.45, 7) is 8.17. The van der Waals surface area contributed by atoms with E-state index < -0.39 is 0 Å². The van der Waals surface area contributed by atoms with E-state index in [1.54, 1.807) is 0 Å². The molecule has 0 spiro atoms. The van der Waals surface area contributed by atoms with Crippen molar-refractivity contribution in [2.24, 2.45) is 5.92 Å². The van der Waals surface area contributed by atoms with Crippen molar-refractivity contribution in [3.8, 4) is 0 Å². The third-order valence-electron chi connectivity index (χ3n) is 6.78. The van der Waals surface area contributed by atoms with Gasteiger partial charge in [0.15, 0.2) is 0 Å². The molecule has 0 aromatic heterocycles. The van der Waals surface area contributed by atoms with Crippen molar-refractivity contribution in [1.29, 1.82) is 0 Å². The average molecular weight is 442 g/mol. The number of piperidine rings is 1. The van der Waals surface area contributed by atoms with Crippen LogP contribution in [-0.4, -0.2) is 48.3 Å². The van der Waals surface area contributed by atoms with Crippen molar-refractivity contribution in [1.82, 2.24) is 15.5 Å². The number of nitrogens with one attached hydrogen (secondary N) is 2. The van der Waals surface area contributed by atoms with Gasteiger partial charge in [0.25, 0.3) is 5.91 Å². The molecular weight excluding hydrogens is 402 g/mol. The number of carbonyl (C=O) groups excluding carboxylic acids is 3. The Morgan fingerprint density at radius 2 is 1.56 bits per heavy atom. The highest BCUT2D eigenvalue weighted by molar-refractivity contribution is 5.94. The Hall–Kier alpha value is -2.37. The number of likely N-dealkylation sites (tertiary alicyclic amines) is 1. The molecule has 1 aromatic rings. The van der Waals surface area contributed by atoms with Crippen LogP contribution < -0.4 is 10.6 Å². The maximum absolute atomic E-state index is 12.7. The van der Waals surface area contributed by atoms with Crippen LogP contribution in [0, 0.1) is 5.92 Å². The molecule has 1 aliphatic carbocycles. The van der Waals surface area contributed by atoms with E-state index in [2.05, 4.69) is 31.4 Å². The van der Waals surface area contributed by atoms with Gasteiger partial charge in [0, 0.05) is 43.6 Å². The predicted octanol–water partition coefficient (Wildman–Crippen LogP) is 3.79. The van der Waals surface area contributed by atoms with Crippen LogP contribution in [0.5, 0.6) is 0 Å². The summed E-state index contributed by atoms with van der Waals surface area (Å²) in [7, 11) is 0. The van der Waals surface area contributed by atoms with E-state index in [1.807, 2.05) is 29.2 Å². The van der Waals surface area contributed by atoms with Gasteiger partial charge in [-0.15, -0.1) is 0 Å². The summed E-state index contributed by atoms with van der Waals surface area (Å²) in [6.07, 6.45) is 7.51. The minimum atomic E-state index is -0.159. The highest BCUT2D eigenvalue weighted by atomic mass is 16.2. The van der Waals surface area contributed by atoms with Crippen LogP contribution in [0.4, 0.5) is 0 Å². The van der Waals surface area contributed by atoms with Crippen LogP contribution in [0.3, 0.4) is 0 Å². The van der Waals surface area contributed by atoms with E-state index in [0.717, 1.165) is 38.8 Å². The van der Waals surface area contributed by atoms with Crippen LogP contribution in [0.2, 0.25) is 0 Å². The summed E-state index contributed by atoms with van der Waals surface area (Å²) in [5.41, 5.74) is 1.83. The monoisotopic (exact) mass is 441 g/mol. The Kier molecular flexibility index (Phi) is 8.32. The maximum Gasteiger partial charge on any atom is 0.251 e. The molecular formula is C26H39N3O3. The Morgan fingerprint density at radius 3 is 2.16 bits per heavy atom. The quantitative estimate of drug-likeness (QED) is 0.705. The first-order chi connectivity index (χ1) is 15.2. The van der Waals surface area contributed by atoms with Crippen LogP contribution in [-0.2, 0) is 15.0 Å². The fraction of sp³-hybridized carbons (Fsp3) is 0.654. The third kappa shape index (κ3) is 6.81. The summed E-state index contributed by atoms with van der Waals surface area (Å²) < 4.78 is 0. The van der Waals surface area contributed by atoms with Crippen molar-refractivity contribution in [2.45, 2.75) is 83.6 Å². The molecule has 0 radical (unpaired) electrons. The number of amides is 3. The molecule has 1 saturated heterocycles. The molecule has 6 nitrogen and oxygen atoms in total. The van der Waals surface area contributed by atoms with Gasteiger partial charge in [-0.3, -0.25) is 14.4 Å². The lowest BCUT2D eigenvalue weighted by atomic mass is 9.87. The van der Waals surface area contributed by atoms with Gasteiger partial charge < -0.3 is 15.5 Å². The third-order valence-corrected chi connectivity index (χ3v) is 6.78. The topological polar surface area (TPSA) is 78.5 Å². The van der Waals surface area contributed by atoms with E-state index in [-0.39, 0.29) is 35.6 Å². The lowest BCUT2D eigenvalue weighted by Crippen LogP contribution is -2.48. The van der Waals surface area contributed by atoms with Gasteiger partial charge in [0.2, 0.25) is 11.8 Å². The molecule has 3 rings (SSSR count). The van der Waals surface area contributed by atoms with Gasteiger partial charge in [-0.05, 0) is 48.8 Å². The first-order valence-corrected chi connectivity index (χ1v) is 12.2. The molecule has 6 heteroatoms. The highest BCUT2D eigenvalue weighted by Crippen LogP contribution is 2.26. The minimum absolute atomic E-state index is 0.0480. The second-order valence-electron chi connectivity index (χ2n) is 10.3. The molecule has 3 amide bonds. The molecule has 1 heterocycles. The molecule has 2 aliphatic rings. The molecule has 2 N–H and O–H groups in total. The van der Waals surface area contributed by atoms with Crippen LogP contribution in [0.25, 0.3) is 0 Å². The lowest BCUT2D eigenvalue weighted by molar-refractivity contribution is -0.137. The van der Waals surface area contributed by atoms with Gasteiger partial charge >= 0.3 is 0 Å². The number of hydrogen-bond donors (Lipinski definition) is 2. The SMILES string of the molecule is CC(C)(C)c1ccc(C(=O)NCCC(=O)NC2CCN(C(=O)C3CCCCC3)CC2)cc1. The van der Waals surface area contributed by atoms with Gasteiger partial charge in [0.1, 0.15) is 0 Å². The second kappa shape index (κ2) is 11.0. The molecule has 0 bridgehead atoms. The van der Waals surface area contributed by atoms with E-state index in [0.29, 0.717) is 18.0 Å². The van der Waals surface area contributed by atoms with Crippen LogP contribution in [0.15, 0.2) is 24.3 Å². The smallest absolute Gasteiger partial charge is 0.251 e. The van der Waals surface area contributed by atoms with Gasteiger partial charge in [0.05, 0.1) is 0 Å². The number of rotatable bonds is 6. The van der Waals surface area contributed by atoms with Gasteiger partial charge in [-0.2, -0.15) is 0 Å². The lowest BCUT2D eigenvalue weighted by Gasteiger charge is -2.35. The zero-order valence-corrected chi connectivity index (χ0v) is 19.9. The van der Waals surface area contributed by atoms with E-state index >= 15 is 0 Å². The number of hydrogen-bond acceptors (Lipinski definition) is 3. The molecule has 176 valence electrons. The summed E-state index contributed by atoms with van der Waals surface area (Å²) in [5.74, 6) is 0.314. The van der Waals surface area contributed by atoms with Gasteiger partial charge in [-0.1, -0.05) is 52.2 Å². The van der Waals surface area contributed by atoms with E-state index in [1.165, 1.54) is 24.8 Å². The summed E-state index contributed by atoms with van der Waals surface area (Å²) in [6, 6.07) is 7.73. The highest BCUT2D eigenvalue weighted by Gasteiger charge is 2.29. The van der Waals surface area contributed by atoms with Crippen molar-refractivity contribution in [2.75, 3.05) is 19.6 Å². The largest absolute Gasteiger partial charge is 0.353 e. The summed E-state index contributed by atoms with van der Waals surface area (Å²) >= 11 is 0. The van der Waals surface area contributed by atoms with Crippen molar-refractivity contribution < 1.29 is 14.4 Å². The molecule has 32 heavy (non-hydrogen) atoms. The average Bonchev–Trinajstić information content (AvgIpc) is 2.79. The van der Waals surface area contributed by atoms with Crippen molar-refractivity contribution >= 4 is 17.7 Å². The fourth-order valence-corrected chi connectivity index (χ4v) is 4.67. The molecule has 1 aromatic carbocycles. The molecule has 0 atom stereocenters. The second-order valence-corrected chi connectivity index (χ2v) is 10.3. The summed E-state index contributed by atoms with van der Waals surface area (Å²) in [4.78, 5) is 39.3. The number of benzene rings is 1. The maximum atomic E-state index is 12.7.